The number of ketones is 1. The van der Waals surface area contributed by atoms with Crippen LogP contribution >= 0.6 is 0 Å². The molecule has 0 spiro atoms. The minimum Gasteiger partial charge on any atom is -0.454 e. The van der Waals surface area contributed by atoms with Crippen molar-refractivity contribution in [3.8, 4) is 11.5 Å². The largest absolute Gasteiger partial charge is 0.454 e. The Hall–Kier alpha value is -2.29. The van der Waals surface area contributed by atoms with E-state index in [1.807, 2.05) is 49.4 Å². The molecule has 0 bridgehead atoms. The maximum absolute atomic E-state index is 12.3. The van der Waals surface area contributed by atoms with Crippen LogP contribution in [0.4, 0.5) is 0 Å². The fourth-order valence-corrected chi connectivity index (χ4v) is 2.47. The first-order valence-corrected chi connectivity index (χ1v) is 7.13. The lowest BCUT2D eigenvalue weighted by Gasteiger charge is -2.12. The Bertz CT molecular complexity index is 659. The van der Waals surface area contributed by atoms with Crippen LogP contribution in [-0.2, 0) is 0 Å². The van der Waals surface area contributed by atoms with E-state index in [1.165, 1.54) is 0 Å². The third-order valence-electron chi connectivity index (χ3n) is 3.83. The SMILES string of the molecule is Cc1ccc(C(=O)CC(C)c2ccc3c(c2)OCO3)cc1. The molecule has 0 saturated carbocycles. The number of Topliss-reactive ketones (excluding diaryl/α,β-unsaturated/α-hetero) is 1. The van der Waals surface area contributed by atoms with E-state index in [0.29, 0.717) is 6.42 Å². The maximum Gasteiger partial charge on any atom is 0.231 e. The van der Waals surface area contributed by atoms with Crippen molar-refractivity contribution in [1.29, 1.82) is 0 Å². The second kappa shape index (κ2) is 5.60. The summed E-state index contributed by atoms with van der Waals surface area (Å²) in [6.07, 6.45) is 0.489. The molecule has 0 N–H and O–H groups in total. The van der Waals surface area contributed by atoms with E-state index in [0.717, 1.165) is 28.2 Å². The minimum absolute atomic E-state index is 0.147. The second-order valence-electron chi connectivity index (χ2n) is 5.51. The van der Waals surface area contributed by atoms with E-state index >= 15 is 0 Å². The summed E-state index contributed by atoms with van der Waals surface area (Å²) in [6.45, 7) is 4.35. The number of hydrogen-bond acceptors (Lipinski definition) is 3. The van der Waals surface area contributed by atoms with E-state index in [-0.39, 0.29) is 18.5 Å². The molecule has 1 unspecified atom stereocenters. The zero-order valence-electron chi connectivity index (χ0n) is 12.3. The average Bonchev–Trinajstić information content (AvgIpc) is 2.95. The van der Waals surface area contributed by atoms with Gasteiger partial charge in [-0.1, -0.05) is 42.8 Å². The van der Waals surface area contributed by atoms with Crippen LogP contribution in [0.3, 0.4) is 0 Å². The van der Waals surface area contributed by atoms with Crippen LogP contribution in [-0.4, -0.2) is 12.6 Å². The summed E-state index contributed by atoms with van der Waals surface area (Å²) in [5, 5.41) is 0. The molecule has 1 atom stereocenters. The standard InChI is InChI=1S/C18H18O3/c1-12-3-5-14(6-4-12)16(19)9-13(2)15-7-8-17-18(10-15)21-11-20-17/h3-8,10,13H,9,11H2,1-2H3. The van der Waals surface area contributed by atoms with Crippen LogP contribution in [0.2, 0.25) is 0 Å². The predicted octanol–water partition coefficient (Wildman–Crippen LogP) is 4.10. The first kappa shape index (κ1) is 13.7. The molecule has 1 heterocycles. The van der Waals surface area contributed by atoms with Crippen molar-refractivity contribution in [2.45, 2.75) is 26.2 Å². The summed E-state index contributed by atoms with van der Waals surface area (Å²) in [5.74, 6) is 1.85. The Balaban J connectivity index is 1.72. The monoisotopic (exact) mass is 282 g/mol. The van der Waals surface area contributed by atoms with Crippen molar-refractivity contribution in [1.82, 2.24) is 0 Å². The van der Waals surface area contributed by atoms with Gasteiger partial charge in [0.05, 0.1) is 0 Å². The van der Waals surface area contributed by atoms with Gasteiger partial charge in [-0.25, -0.2) is 0 Å². The topological polar surface area (TPSA) is 35.5 Å². The van der Waals surface area contributed by atoms with Gasteiger partial charge in [-0.05, 0) is 30.5 Å². The quantitative estimate of drug-likeness (QED) is 0.792. The number of fused-ring (bicyclic) bond motifs is 1. The Morgan fingerprint density at radius 2 is 1.81 bits per heavy atom. The van der Waals surface area contributed by atoms with Gasteiger partial charge in [0, 0.05) is 12.0 Å². The summed E-state index contributed by atoms with van der Waals surface area (Å²) in [6, 6.07) is 13.6. The maximum atomic E-state index is 12.3. The van der Waals surface area contributed by atoms with Gasteiger partial charge in [-0.15, -0.1) is 0 Å². The number of ether oxygens (including phenoxy) is 2. The average molecular weight is 282 g/mol. The first-order chi connectivity index (χ1) is 10.1. The highest BCUT2D eigenvalue weighted by molar-refractivity contribution is 5.96. The molecule has 3 rings (SSSR count). The fourth-order valence-electron chi connectivity index (χ4n) is 2.47. The lowest BCUT2D eigenvalue weighted by atomic mass is 9.93. The molecule has 0 aliphatic carbocycles. The molecular weight excluding hydrogens is 264 g/mol. The van der Waals surface area contributed by atoms with Crippen LogP contribution in [0.5, 0.6) is 11.5 Å². The molecule has 0 aromatic heterocycles. The van der Waals surface area contributed by atoms with Gasteiger partial charge < -0.3 is 9.47 Å². The molecule has 2 aromatic rings. The molecule has 0 amide bonds. The molecule has 0 fully saturated rings. The van der Waals surface area contributed by atoms with Crippen LogP contribution in [0, 0.1) is 6.92 Å². The Kier molecular flexibility index (Phi) is 3.65. The van der Waals surface area contributed by atoms with Crippen molar-refractivity contribution in [2.75, 3.05) is 6.79 Å². The molecule has 0 radical (unpaired) electrons. The summed E-state index contributed by atoms with van der Waals surface area (Å²) in [5.41, 5.74) is 3.03. The Labute approximate surface area is 124 Å². The molecule has 21 heavy (non-hydrogen) atoms. The van der Waals surface area contributed by atoms with Crippen LogP contribution in [0.25, 0.3) is 0 Å². The van der Waals surface area contributed by atoms with E-state index in [4.69, 9.17) is 9.47 Å². The predicted molar refractivity (Wildman–Crippen MR) is 81.1 cm³/mol. The third-order valence-corrected chi connectivity index (χ3v) is 3.83. The van der Waals surface area contributed by atoms with Gasteiger partial charge >= 0.3 is 0 Å². The number of carbonyl (C=O) groups is 1. The highest BCUT2D eigenvalue weighted by Gasteiger charge is 2.18. The van der Waals surface area contributed by atoms with Gasteiger partial charge in [0.15, 0.2) is 17.3 Å². The smallest absolute Gasteiger partial charge is 0.231 e. The normalized spacial score (nSPS) is 14.0. The number of benzene rings is 2. The van der Waals surface area contributed by atoms with Crippen LogP contribution in [0.15, 0.2) is 42.5 Å². The molecule has 2 aromatic carbocycles. The number of aryl methyl sites for hydroxylation is 1. The molecule has 1 aliphatic rings. The lowest BCUT2D eigenvalue weighted by Crippen LogP contribution is -2.05. The van der Waals surface area contributed by atoms with Crippen molar-refractivity contribution >= 4 is 5.78 Å². The van der Waals surface area contributed by atoms with Crippen molar-refractivity contribution in [3.63, 3.8) is 0 Å². The number of rotatable bonds is 4. The molecule has 108 valence electrons. The third kappa shape index (κ3) is 2.92. The van der Waals surface area contributed by atoms with Crippen molar-refractivity contribution in [3.05, 3.63) is 59.2 Å². The van der Waals surface area contributed by atoms with Gasteiger partial charge in [-0.2, -0.15) is 0 Å². The molecular formula is C18H18O3. The zero-order chi connectivity index (χ0) is 14.8. The minimum atomic E-state index is 0.147. The summed E-state index contributed by atoms with van der Waals surface area (Å²) in [7, 11) is 0. The number of carbonyl (C=O) groups excluding carboxylic acids is 1. The van der Waals surface area contributed by atoms with E-state index in [9.17, 15) is 4.79 Å². The molecule has 3 heteroatoms. The Morgan fingerprint density at radius 1 is 1.10 bits per heavy atom. The van der Waals surface area contributed by atoms with Crippen LogP contribution in [0.1, 0.15) is 40.7 Å². The Morgan fingerprint density at radius 3 is 2.57 bits per heavy atom. The van der Waals surface area contributed by atoms with E-state index in [2.05, 4.69) is 6.92 Å². The number of hydrogen-bond donors (Lipinski definition) is 0. The lowest BCUT2D eigenvalue weighted by molar-refractivity contribution is 0.0975. The van der Waals surface area contributed by atoms with Gasteiger partial charge in [0.1, 0.15) is 0 Å². The van der Waals surface area contributed by atoms with Crippen molar-refractivity contribution in [2.24, 2.45) is 0 Å². The molecule has 1 aliphatic heterocycles. The molecule has 3 nitrogen and oxygen atoms in total. The fraction of sp³-hybridized carbons (Fsp3) is 0.278. The molecule has 0 saturated heterocycles. The van der Waals surface area contributed by atoms with E-state index in [1.54, 1.807) is 0 Å². The van der Waals surface area contributed by atoms with E-state index < -0.39 is 0 Å². The summed E-state index contributed by atoms with van der Waals surface area (Å²) >= 11 is 0. The summed E-state index contributed by atoms with van der Waals surface area (Å²) in [4.78, 5) is 12.3. The van der Waals surface area contributed by atoms with Gasteiger partial charge in [0.25, 0.3) is 0 Å². The van der Waals surface area contributed by atoms with Crippen molar-refractivity contribution < 1.29 is 14.3 Å². The zero-order valence-corrected chi connectivity index (χ0v) is 12.3. The highest BCUT2D eigenvalue weighted by Crippen LogP contribution is 2.35. The summed E-state index contributed by atoms with van der Waals surface area (Å²) < 4.78 is 10.7. The van der Waals surface area contributed by atoms with Crippen LogP contribution < -0.4 is 9.47 Å². The van der Waals surface area contributed by atoms with Gasteiger partial charge in [0.2, 0.25) is 6.79 Å². The second-order valence-corrected chi connectivity index (χ2v) is 5.51. The van der Waals surface area contributed by atoms with Gasteiger partial charge in [-0.3, -0.25) is 4.79 Å². The first-order valence-electron chi connectivity index (χ1n) is 7.13. The highest BCUT2D eigenvalue weighted by atomic mass is 16.7.